The van der Waals surface area contributed by atoms with E-state index in [0.29, 0.717) is 11.3 Å². The first kappa shape index (κ1) is 17.6. The summed E-state index contributed by atoms with van der Waals surface area (Å²) >= 11 is 0. The fourth-order valence-electron chi connectivity index (χ4n) is 2.01. The van der Waals surface area contributed by atoms with E-state index in [1.807, 2.05) is 0 Å². The molecule has 3 N–H and O–H groups in total. The summed E-state index contributed by atoms with van der Waals surface area (Å²) < 4.78 is 14.3. The molecule has 0 aliphatic rings. The van der Waals surface area contributed by atoms with Crippen LogP contribution in [0.1, 0.15) is 31.9 Å². The van der Waals surface area contributed by atoms with Crippen LogP contribution >= 0.6 is 0 Å². The second kappa shape index (κ2) is 6.79. The maximum absolute atomic E-state index is 13.1. The number of carbonyl (C=O) groups is 2. The van der Waals surface area contributed by atoms with Gasteiger partial charge in [0.1, 0.15) is 5.82 Å². The molecular weight excluding hydrogens is 317 g/mol. The number of nitrogens with one attached hydrogen (secondary N) is 1. The molecule has 0 saturated heterocycles. The van der Waals surface area contributed by atoms with Crippen LogP contribution in [-0.4, -0.2) is 31.9 Å². The number of anilines is 1. The van der Waals surface area contributed by atoms with Crippen molar-refractivity contribution in [1.29, 1.82) is 0 Å². The number of nitrogens with zero attached hydrogens (tertiary/aromatic N) is 2. The number of aliphatic hydroxyl groups is 1. The Bertz CT molecular complexity index is 757. The van der Waals surface area contributed by atoms with Crippen LogP contribution < -0.4 is 5.32 Å². The summed E-state index contributed by atoms with van der Waals surface area (Å²) in [6.45, 7) is 2.95. The molecule has 1 aromatic carbocycles. The molecule has 1 amide bonds. The highest BCUT2D eigenvalue weighted by atomic mass is 19.1. The van der Waals surface area contributed by atoms with Crippen molar-refractivity contribution >= 4 is 17.6 Å². The van der Waals surface area contributed by atoms with Crippen molar-refractivity contribution in [3.8, 4) is 0 Å². The summed E-state index contributed by atoms with van der Waals surface area (Å²) in [5.41, 5.74) is -0.655. The van der Waals surface area contributed by atoms with Gasteiger partial charge in [-0.05, 0) is 31.5 Å². The normalized spacial score (nSPS) is 12.7. The monoisotopic (exact) mass is 335 g/mol. The van der Waals surface area contributed by atoms with Gasteiger partial charge in [0.15, 0.2) is 5.54 Å². The lowest BCUT2D eigenvalue weighted by Crippen LogP contribution is -2.35. The van der Waals surface area contributed by atoms with Crippen LogP contribution in [0.15, 0.2) is 36.7 Å². The zero-order valence-corrected chi connectivity index (χ0v) is 13.2. The number of hydrogen-bond acceptors (Lipinski definition) is 4. The molecule has 0 unspecified atom stereocenters. The minimum atomic E-state index is -1.26. The van der Waals surface area contributed by atoms with E-state index in [1.165, 1.54) is 49.1 Å². The van der Waals surface area contributed by atoms with E-state index in [4.69, 9.17) is 5.11 Å². The fourth-order valence-corrected chi connectivity index (χ4v) is 2.01. The number of aliphatic carboxylic acids is 1. The first-order chi connectivity index (χ1) is 11.2. The predicted molar refractivity (Wildman–Crippen MR) is 83.8 cm³/mol. The van der Waals surface area contributed by atoms with Crippen LogP contribution in [-0.2, 0) is 15.1 Å². The number of carboxylic acids is 1. The Balaban J connectivity index is 2.00. The molecule has 0 saturated carbocycles. The van der Waals surface area contributed by atoms with Gasteiger partial charge >= 0.3 is 5.97 Å². The van der Waals surface area contributed by atoms with E-state index >= 15 is 0 Å². The lowest BCUT2D eigenvalue weighted by atomic mass is 10.1. The highest BCUT2D eigenvalue weighted by Crippen LogP contribution is 2.20. The van der Waals surface area contributed by atoms with Crippen molar-refractivity contribution in [2.24, 2.45) is 0 Å². The molecule has 0 fully saturated rings. The highest BCUT2D eigenvalue weighted by molar-refractivity contribution is 5.90. The van der Waals surface area contributed by atoms with Crippen molar-refractivity contribution in [2.45, 2.75) is 31.9 Å². The number of amides is 1. The Kier molecular flexibility index (Phi) is 4.99. The SMILES string of the molecule is CC(C)(C(=O)O)n1cc(NC(=O)C[C@@H](O)c2cccc(F)c2)cn1. The van der Waals surface area contributed by atoms with Crippen LogP contribution in [0.4, 0.5) is 10.1 Å². The molecule has 2 rings (SSSR count). The van der Waals surface area contributed by atoms with E-state index in [-0.39, 0.29) is 6.42 Å². The molecule has 24 heavy (non-hydrogen) atoms. The Morgan fingerprint density at radius 2 is 2.12 bits per heavy atom. The van der Waals surface area contributed by atoms with Crippen molar-refractivity contribution in [3.63, 3.8) is 0 Å². The van der Waals surface area contributed by atoms with Crippen LogP contribution in [0.3, 0.4) is 0 Å². The maximum atomic E-state index is 13.1. The highest BCUT2D eigenvalue weighted by Gasteiger charge is 2.30. The molecule has 1 aromatic heterocycles. The molecule has 0 aliphatic carbocycles. The number of carbonyl (C=O) groups excluding carboxylic acids is 1. The third-order valence-corrected chi connectivity index (χ3v) is 3.57. The molecule has 8 heteroatoms. The zero-order valence-electron chi connectivity index (χ0n) is 13.2. The van der Waals surface area contributed by atoms with Gasteiger partial charge in [-0.15, -0.1) is 0 Å². The van der Waals surface area contributed by atoms with Gasteiger partial charge in [0.05, 0.1) is 24.4 Å². The van der Waals surface area contributed by atoms with Gasteiger partial charge in [0, 0.05) is 6.20 Å². The summed E-state index contributed by atoms with van der Waals surface area (Å²) in [5, 5.41) is 25.6. The molecule has 7 nitrogen and oxygen atoms in total. The molecule has 0 aliphatic heterocycles. The van der Waals surface area contributed by atoms with Gasteiger partial charge in [0.2, 0.25) is 5.91 Å². The standard InChI is InChI=1S/C16H18FN3O4/c1-16(2,15(23)24)20-9-12(8-18-20)19-14(22)7-13(21)10-4-3-5-11(17)6-10/h3-6,8-9,13,21H,7H2,1-2H3,(H,19,22)(H,23,24)/t13-/m1/s1. The third-order valence-electron chi connectivity index (χ3n) is 3.57. The molecule has 0 bridgehead atoms. The summed E-state index contributed by atoms with van der Waals surface area (Å²) in [7, 11) is 0. The minimum absolute atomic E-state index is 0.267. The third kappa shape index (κ3) is 3.96. The van der Waals surface area contributed by atoms with Gasteiger partial charge in [-0.1, -0.05) is 12.1 Å². The van der Waals surface area contributed by atoms with Crippen LogP contribution in [0.2, 0.25) is 0 Å². The number of benzene rings is 1. The average Bonchev–Trinajstić information content (AvgIpc) is 2.96. The lowest BCUT2D eigenvalue weighted by molar-refractivity contribution is -0.146. The van der Waals surface area contributed by atoms with Crippen molar-refractivity contribution < 1.29 is 24.2 Å². The Morgan fingerprint density at radius 3 is 2.75 bits per heavy atom. The smallest absolute Gasteiger partial charge is 0.331 e. The van der Waals surface area contributed by atoms with Gasteiger partial charge in [-0.3, -0.25) is 9.48 Å². The summed E-state index contributed by atoms with van der Waals surface area (Å²) in [6.07, 6.45) is 1.29. The number of halogens is 1. The maximum Gasteiger partial charge on any atom is 0.331 e. The summed E-state index contributed by atoms with van der Waals surface area (Å²) in [6, 6.07) is 5.37. The number of rotatable bonds is 6. The van der Waals surface area contributed by atoms with Crippen LogP contribution in [0, 0.1) is 5.82 Å². The molecule has 128 valence electrons. The Labute approximate surface area is 137 Å². The number of aromatic nitrogens is 2. The lowest BCUT2D eigenvalue weighted by Gasteiger charge is -2.19. The van der Waals surface area contributed by atoms with Crippen molar-refractivity contribution in [2.75, 3.05) is 5.32 Å². The summed E-state index contributed by atoms with van der Waals surface area (Å²) in [5.74, 6) is -2.06. The van der Waals surface area contributed by atoms with Crippen LogP contribution in [0.5, 0.6) is 0 Å². The second-order valence-electron chi connectivity index (χ2n) is 5.86. The van der Waals surface area contributed by atoms with Gasteiger partial charge in [0.25, 0.3) is 0 Å². The van der Waals surface area contributed by atoms with E-state index in [1.54, 1.807) is 0 Å². The quantitative estimate of drug-likeness (QED) is 0.748. The average molecular weight is 335 g/mol. The minimum Gasteiger partial charge on any atom is -0.479 e. The number of aliphatic hydroxyl groups excluding tert-OH is 1. The predicted octanol–water partition coefficient (Wildman–Crippen LogP) is 1.90. The molecule has 1 atom stereocenters. The molecule has 0 spiro atoms. The second-order valence-corrected chi connectivity index (χ2v) is 5.86. The van der Waals surface area contributed by atoms with Crippen molar-refractivity contribution in [1.82, 2.24) is 9.78 Å². The van der Waals surface area contributed by atoms with Gasteiger partial charge in [-0.25, -0.2) is 9.18 Å². The van der Waals surface area contributed by atoms with Crippen molar-refractivity contribution in [3.05, 3.63) is 48.0 Å². The molecule has 2 aromatic rings. The number of carboxylic acid groups (broad SMARTS) is 1. The zero-order chi connectivity index (χ0) is 17.9. The first-order valence-corrected chi connectivity index (χ1v) is 7.22. The van der Waals surface area contributed by atoms with E-state index in [0.717, 1.165) is 6.07 Å². The van der Waals surface area contributed by atoms with Gasteiger partial charge < -0.3 is 15.5 Å². The first-order valence-electron chi connectivity index (χ1n) is 7.22. The number of hydrogen-bond donors (Lipinski definition) is 3. The molecule has 1 heterocycles. The van der Waals surface area contributed by atoms with Gasteiger partial charge in [-0.2, -0.15) is 5.10 Å². The van der Waals surface area contributed by atoms with E-state index in [2.05, 4.69) is 10.4 Å². The molecular formula is C16H18FN3O4. The fraction of sp³-hybridized carbons (Fsp3) is 0.312. The Morgan fingerprint density at radius 1 is 1.42 bits per heavy atom. The van der Waals surface area contributed by atoms with Crippen LogP contribution in [0.25, 0.3) is 0 Å². The largest absolute Gasteiger partial charge is 0.479 e. The Hall–Kier alpha value is -2.74. The van der Waals surface area contributed by atoms with E-state index in [9.17, 15) is 19.1 Å². The molecule has 0 radical (unpaired) electrons. The topological polar surface area (TPSA) is 104 Å². The summed E-state index contributed by atoms with van der Waals surface area (Å²) in [4.78, 5) is 23.1. The van der Waals surface area contributed by atoms with E-state index < -0.39 is 29.3 Å².